The third-order valence-corrected chi connectivity index (χ3v) is 3.60. The molecular weight excluding hydrogens is 282 g/mol. The van der Waals surface area contributed by atoms with E-state index in [9.17, 15) is 8.78 Å². The van der Waals surface area contributed by atoms with Gasteiger partial charge >= 0.3 is 0 Å². The Morgan fingerprint density at radius 1 is 1.09 bits per heavy atom. The quantitative estimate of drug-likeness (QED) is 0.587. The van der Waals surface area contributed by atoms with E-state index >= 15 is 0 Å². The van der Waals surface area contributed by atoms with Gasteiger partial charge in [0.25, 0.3) is 0 Å². The minimum absolute atomic E-state index is 0.234. The Morgan fingerprint density at radius 3 is 2.50 bits per heavy atom. The molecule has 0 unspecified atom stereocenters. The third kappa shape index (κ3) is 3.91. The van der Waals surface area contributed by atoms with Crippen molar-refractivity contribution < 1.29 is 8.78 Å². The molecule has 0 aliphatic heterocycles. The lowest BCUT2D eigenvalue weighted by molar-refractivity contribution is 0.552. The molecule has 0 bridgehead atoms. The van der Waals surface area contributed by atoms with Crippen LogP contribution >= 0.6 is 0 Å². The van der Waals surface area contributed by atoms with E-state index in [-0.39, 0.29) is 18.1 Å². The third-order valence-electron chi connectivity index (χ3n) is 3.60. The van der Waals surface area contributed by atoms with Gasteiger partial charge in [-0.15, -0.1) is 0 Å². The SMILES string of the molecule is CCN(C)/C=N/c1cc(F)c(Cc2ccccc2F)cc1C. The Bertz CT molecular complexity index is 681. The molecule has 0 radical (unpaired) electrons. The predicted molar refractivity (Wildman–Crippen MR) is 86.8 cm³/mol. The van der Waals surface area contributed by atoms with Crippen LogP contribution in [-0.4, -0.2) is 24.8 Å². The van der Waals surface area contributed by atoms with Crippen LogP contribution in [-0.2, 0) is 6.42 Å². The van der Waals surface area contributed by atoms with Crippen LogP contribution in [0.3, 0.4) is 0 Å². The zero-order valence-electron chi connectivity index (χ0n) is 13.1. The van der Waals surface area contributed by atoms with Gasteiger partial charge in [0.15, 0.2) is 0 Å². The first-order valence-corrected chi connectivity index (χ1v) is 7.28. The monoisotopic (exact) mass is 302 g/mol. The molecule has 2 nitrogen and oxygen atoms in total. The topological polar surface area (TPSA) is 15.6 Å². The van der Waals surface area contributed by atoms with Crippen molar-refractivity contribution >= 4 is 12.0 Å². The van der Waals surface area contributed by atoms with E-state index in [1.165, 1.54) is 12.1 Å². The lowest BCUT2D eigenvalue weighted by Crippen LogP contribution is -2.14. The van der Waals surface area contributed by atoms with E-state index in [1.807, 2.05) is 25.8 Å². The van der Waals surface area contributed by atoms with Gasteiger partial charge in [0.2, 0.25) is 0 Å². The van der Waals surface area contributed by atoms with Gasteiger partial charge in [-0.3, -0.25) is 0 Å². The first kappa shape index (κ1) is 16.1. The van der Waals surface area contributed by atoms with Gasteiger partial charge in [0, 0.05) is 26.1 Å². The minimum atomic E-state index is -0.361. The minimum Gasteiger partial charge on any atom is -0.366 e. The Kier molecular flexibility index (Phi) is 5.26. The summed E-state index contributed by atoms with van der Waals surface area (Å²) < 4.78 is 27.9. The van der Waals surface area contributed by atoms with E-state index in [0.717, 1.165) is 12.1 Å². The van der Waals surface area contributed by atoms with Crippen molar-refractivity contribution in [1.29, 1.82) is 0 Å². The smallest absolute Gasteiger partial charge is 0.128 e. The fraction of sp³-hybridized carbons (Fsp3) is 0.278. The van der Waals surface area contributed by atoms with Crippen molar-refractivity contribution in [2.75, 3.05) is 13.6 Å². The summed E-state index contributed by atoms with van der Waals surface area (Å²) in [6, 6.07) is 9.59. The van der Waals surface area contributed by atoms with Crippen molar-refractivity contribution in [3.8, 4) is 0 Å². The zero-order valence-corrected chi connectivity index (χ0v) is 13.1. The van der Waals surface area contributed by atoms with Crippen molar-refractivity contribution in [2.45, 2.75) is 20.3 Å². The Morgan fingerprint density at radius 2 is 1.82 bits per heavy atom. The van der Waals surface area contributed by atoms with Gasteiger partial charge in [-0.25, -0.2) is 13.8 Å². The van der Waals surface area contributed by atoms with Crippen LogP contribution in [0.4, 0.5) is 14.5 Å². The molecule has 0 saturated heterocycles. The van der Waals surface area contributed by atoms with Gasteiger partial charge in [-0.1, -0.05) is 24.3 Å². The second-order valence-corrected chi connectivity index (χ2v) is 5.32. The van der Waals surface area contributed by atoms with Crippen LogP contribution in [0, 0.1) is 18.6 Å². The normalized spacial score (nSPS) is 11.1. The molecule has 4 heteroatoms. The summed E-state index contributed by atoms with van der Waals surface area (Å²) in [6.07, 6.45) is 1.91. The van der Waals surface area contributed by atoms with Crippen LogP contribution < -0.4 is 0 Å². The highest BCUT2D eigenvalue weighted by molar-refractivity contribution is 5.63. The summed E-state index contributed by atoms with van der Waals surface area (Å²) >= 11 is 0. The fourth-order valence-electron chi connectivity index (χ4n) is 2.09. The molecule has 0 heterocycles. The van der Waals surface area contributed by atoms with E-state index < -0.39 is 0 Å². The number of benzene rings is 2. The molecule has 0 N–H and O–H groups in total. The summed E-state index contributed by atoms with van der Waals surface area (Å²) in [5, 5.41) is 0. The Hall–Kier alpha value is -2.23. The van der Waals surface area contributed by atoms with Crippen LogP contribution in [0.25, 0.3) is 0 Å². The Balaban J connectivity index is 2.27. The Labute approximate surface area is 130 Å². The second kappa shape index (κ2) is 7.16. The number of hydrogen-bond acceptors (Lipinski definition) is 1. The van der Waals surface area contributed by atoms with Gasteiger partial charge in [0.05, 0.1) is 12.0 Å². The number of hydrogen-bond donors (Lipinski definition) is 0. The molecule has 0 aromatic heterocycles. The summed E-state index contributed by atoms with van der Waals surface area (Å²) in [4.78, 5) is 6.20. The van der Waals surface area contributed by atoms with Crippen molar-refractivity contribution in [3.05, 3.63) is 64.7 Å². The highest BCUT2D eigenvalue weighted by Crippen LogP contribution is 2.25. The predicted octanol–water partition coefficient (Wildman–Crippen LogP) is 4.48. The van der Waals surface area contributed by atoms with E-state index in [0.29, 0.717) is 16.8 Å². The second-order valence-electron chi connectivity index (χ2n) is 5.32. The highest BCUT2D eigenvalue weighted by atomic mass is 19.1. The standard InChI is InChI=1S/C18H20F2N2/c1-4-22(3)12-21-18-11-17(20)15(9-13(18)2)10-14-7-5-6-8-16(14)19/h5-9,11-12H,4,10H2,1-3H3/b21-12+. The van der Waals surface area contributed by atoms with Gasteiger partial charge in [0.1, 0.15) is 11.6 Å². The molecule has 0 aliphatic rings. The highest BCUT2D eigenvalue weighted by Gasteiger charge is 2.10. The first-order valence-electron chi connectivity index (χ1n) is 7.28. The number of aliphatic imine (C=N–C) groups is 1. The molecule has 2 aromatic carbocycles. The van der Waals surface area contributed by atoms with E-state index in [1.54, 1.807) is 30.6 Å². The maximum atomic E-state index is 14.2. The van der Waals surface area contributed by atoms with Crippen molar-refractivity contribution in [3.63, 3.8) is 0 Å². The molecule has 0 saturated carbocycles. The largest absolute Gasteiger partial charge is 0.366 e. The molecule has 0 amide bonds. The van der Waals surface area contributed by atoms with Gasteiger partial charge in [-0.2, -0.15) is 0 Å². The first-order chi connectivity index (χ1) is 10.5. The number of halogens is 2. The van der Waals surface area contributed by atoms with Crippen LogP contribution in [0.15, 0.2) is 41.4 Å². The average Bonchev–Trinajstić information content (AvgIpc) is 2.51. The zero-order chi connectivity index (χ0) is 16.1. The van der Waals surface area contributed by atoms with Crippen molar-refractivity contribution in [1.82, 2.24) is 4.90 Å². The molecule has 0 aliphatic carbocycles. The van der Waals surface area contributed by atoms with Gasteiger partial charge in [-0.05, 0) is 36.6 Å². The van der Waals surface area contributed by atoms with E-state index in [4.69, 9.17) is 0 Å². The van der Waals surface area contributed by atoms with E-state index in [2.05, 4.69) is 4.99 Å². The van der Waals surface area contributed by atoms with Crippen LogP contribution in [0.5, 0.6) is 0 Å². The van der Waals surface area contributed by atoms with Crippen molar-refractivity contribution in [2.24, 2.45) is 4.99 Å². The number of aryl methyl sites for hydroxylation is 1. The number of rotatable bonds is 5. The number of nitrogens with zero attached hydrogens (tertiary/aromatic N) is 2. The molecule has 22 heavy (non-hydrogen) atoms. The fourth-order valence-corrected chi connectivity index (χ4v) is 2.09. The summed E-state index contributed by atoms with van der Waals surface area (Å²) in [7, 11) is 1.90. The van der Waals surface area contributed by atoms with Crippen LogP contribution in [0.1, 0.15) is 23.6 Å². The molecule has 0 spiro atoms. The summed E-state index contributed by atoms with van der Waals surface area (Å²) in [5.74, 6) is -0.675. The van der Waals surface area contributed by atoms with Crippen LogP contribution in [0.2, 0.25) is 0 Å². The molecule has 116 valence electrons. The molecular formula is C18H20F2N2. The molecule has 0 fully saturated rings. The van der Waals surface area contributed by atoms with Gasteiger partial charge < -0.3 is 4.90 Å². The lowest BCUT2D eigenvalue weighted by Gasteiger charge is -2.11. The molecule has 2 rings (SSSR count). The molecule has 2 aromatic rings. The molecule has 0 atom stereocenters. The maximum absolute atomic E-state index is 14.2. The maximum Gasteiger partial charge on any atom is 0.128 e. The lowest BCUT2D eigenvalue weighted by atomic mass is 10.0. The summed E-state index contributed by atoms with van der Waals surface area (Å²) in [5.41, 5.74) is 2.43. The average molecular weight is 302 g/mol. The summed E-state index contributed by atoms with van der Waals surface area (Å²) in [6.45, 7) is 4.72.